The van der Waals surface area contributed by atoms with E-state index in [1.165, 1.54) is 6.33 Å². The molecule has 2 aromatic rings. The van der Waals surface area contributed by atoms with Crippen molar-refractivity contribution in [2.24, 2.45) is 0 Å². The van der Waals surface area contributed by atoms with E-state index in [1.54, 1.807) is 19.2 Å². The molecule has 0 saturated carbocycles. The van der Waals surface area contributed by atoms with Crippen LogP contribution in [0, 0.1) is 0 Å². The highest BCUT2D eigenvalue weighted by Crippen LogP contribution is 2.22. The maximum atomic E-state index is 11.6. The number of carbonyl (C=O) groups is 1. The van der Waals surface area contributed by atoms with Gasteiger partial charge in [-0.3, -0.25) is 9.59 Å². The van der Waals surface area contributed by atoms with Crippen LogP contribution in [0.1, 0.15) is 6.42 Å². The smallest absolute Gasteiger partial charge is 0.258 e. The summed E-state index contributed by atoms with van der Waals surface area (Å²) in [6, 6.07) is 3.27. The van der Waals surface area contributed by atoms with E-state index < -0.39 is 0 Å². The van der Waals surface area contributed by atoms with Gasteiger partial charge in [-0.2, -0.15) is 0 Å². The van der Waals surface area contributed by atoms with E-state index in [4.69, 9.17) is 5.73 Å². The maximum Gasteiger partial charge on any atom is 0.258 e. The Balaban J connectivity index is 2.22. The normalized spacial score (nSPS) is 10.4. The molecule has 19 heavy (non-hydrogen) atoms. The largest absolute Gasteiger partial charge is 0.397 e. The topological polar surface area (TPSA) is 113 Å². The monoisotopic (exact) mass is 261 g/mol. The first-order chi connectivity index (χ1) is 9.11. The molecule has 1 aromatic heterocycles. The molecule has 1 heterocycles. The molecule has 0 aliphatic rings. The summed E-state index contributed by atoms with van der Waals surface area (Å²) in [7, 11) is 1.59. The second-order valence-electron chi connectivity index (χ2n) is 4.04. The number of aromatic amines is 1. The molecule has 0 spiro atoms. The molecular formula is C12H15N5O2. The number of hydrogen-bond donors (Lipinski definition) is 4. The van der Waals surface area contributed by atoms with Gasteiger partial charge < -0.3 is 21.4 Å². The zero-order chi connectivity index (χ0) is 13.8. The summed E-state index contributed by atoms with van der Waals surface area (Å²) in [5.41, 5.74) is 7.30. The van der Waals surface area contributed by atoms with Gasteiger partial charge in [-0.15, -0.1) is 0 Å². The van der Waals surface area contributed by atoms with Crippen LogP contribution in [0.25, 0.3) is 10.9 Å². The summed E-state index contributed by atoms with van der Waals surface area (Å²) in [4.78, 5) is 29.2. The van der Waals surface area contributed by atoms with Crippen molar-refractivity contribution in [3.8, 4) is 0 Å². The summed E-state index contributed by atoms with van der Waals surface area (Å²) in [5, 5.41) is 6.03. The van der Waals surface area contributed by atoms with Crippen molar-refractivity contribution in [3.05, 3.63) is 28.8 Å². The van der Waals surface area contributed by atoms with Crippen molar-refractivity contribution in [2.45, 2.75) is 6.42 Å². The maximum absolute atomic E-state index is 11.6. The number of fused-ring (bicyclic) bond motifs is 1. The summed E-state index contributed by atoms with van der Waals surface area (Å²) in [6.07, 6.45) is 1.69. The average molecular weight is 261 g/mol. The van der Waals surface area contributed by atoms with Crippen molar-refractivity contribution in [3.63, 3.8) is 0 Å². The number of amides is 1. The summed E-state index contributed by atoms with van der Waals surface area (Å²) in [6.45, 7) is 0.457. The van der Waals surface area contributed by atoms with Crippen LogP contribution in [0.2, 0.25) is 0 Å². The van der Waals surface area contributed by atoms with Crippen molar-refractivity contribution >= 4 is 28.2 Å². The second kappa shape index (κ2) is 5.38. The Hall–Kier alpha value is -2.57. The lowest BCUT2D eigenvalue weighted by molar-refractivity contribution is -0.120. The highest BCUT2D eigenvalue weighted by atomic mass is 16.1. The summed E-state index contributed by atoms with van der Waals surface area (Å²) in [5.74, 6) is -0.0542. The summed E-state index contributed by atoms with van der Waals surface area (Å²) < 4.78 is 0. The lowest BCUT2D eigenvalue weighted by Crippen LogP contribution is -2.21. The van der Waals surface area contributed by atoms with Crippen molar-refractivity contribution < 1.29 is 4.79 Å². The Morgan fingerprint density at radius 2 is 2.26 bits per heavy atom. The lowest BCUT2D eigenvalue weighted by Gasteiger charge is -2.09. The van der Waals surface area contributed by atoms with Crippen molar-refractivity contribution in [1.29, 1.82) is 0 Å². The van der Waals surface area contributed by atoms with Crippen molar-refractivity contribution in [2.75, 3.05) is 24.6 Å². The van der Waals surface area contributed by atoms with Crippen LogP contribution < -0.4 is 21.9 Å². The molecule has 0 aliphatic heterocycles. The molecule has 0 radical (unpaired) electrons. The van der Waals surface area contributed by atoms with Crippen LogP contribution in [-0.4, -0.2) is 29.5 Å². The molecule has 100 valence electrons. The van der Waals surface area contributed by atoms with Crippen molar-refractivity contribution in [1.82, 2.24) is 15.3 Å². The minimum atomic E-state index is -0.228. The number of carbonyl (C=O) groups excluding carboxylic acids is 1. The molecule has 1 aromatic carbocycles. The molecule has 1 amide bonds. The number of hydrogen-bond acceptors (Lipinski definition) is 5. The van der Waals surface area contributed by atoms with Gasteiger partial charge in [0.05, 0.1) is 28.6 Å². The molecule has 0 saturated heterocycles. The van der Waals surface area contributed by atoms with E-state index in [1.807, 2.05) is 0 Å². The number of nitrogens with zero attached hydrogens (tertiary/aromatic N) is 1. The SMILES string of the molecule is CNC(=O)CCNc1cc2nc[nH]c(=O)c2cc1N. The van der Waals surface area contributed by atoms with E-state index in [9.17, 15) is 9.59 Å². The summed E-state index contributed by atoms with van der Waals surface area (Å²) >= 11 is 0. The zero-order valence-electron chi connectivity index (χ0n) is 10.5. The molecule has 0 fully saturated rings. The molecule has 2 rings (SSSR count). The van der Waals surface area contributed by atoms with Crippen LogP contribution >= 0.6 is 0 Å². The highest BCUT2D eigenvalue weighted by Gasteiger charge is 2.06. The minimum absolute atomic E-state index is 0.0542. The van der Waals surface area contributed by atoms with Gasteiger partial charge >= 0.3 is 0 Å². The van der Waals surface area contributed by atoms with E-state index in [0.29, 0.717) is 35.2 Å². The first-order valence-electron chi connectivity index (χ1n) is 5.83. The lowest BCUT2D eigenvalue weighted by atomic mass is 10.2. The third-order valence-electron chi connectivity index (χ3n) is 2.76. The van der Waals surface area contributed by atoms with Crippen LogP contribution in [0.5, 0.6) is 0 Å². The fourth-order valence-corrected chi connectivity index (χ4v) is 1.72. The van der Waals surface area contributed by atoms with Gasteiger partial charge in [-0.1, -0.05) is 0 Å². The van der Waals surface area contributed by atoms with Gasteiger partial charge in [-0.25, -0.2) is 4.98 Å². The predicted octanol–water partition coefficient (Wildman–Crippen LogP) is 0.0533. The van der Waals surface area contributed by atoms with Gasteiger partial charge in [0.15, 0.2) is 0 Å². The predicted molar refractivity (Wildman–Crippen MR) is 73.9 cm³/mol. The van der Waals surface area contributed by atoms with Gasteiger partial charge in [0.25, 0.3) is 5.56 Å². The Labute approximate surface area is 109 Å². The van der Waals surface area contributed by atoms with Gasteiger partial charge in [0.2, 0.25) is 5.91 Å². The number of nitrogen functional groups attached to an aromatic ring is 1. The third-order valence-corrected chi connectivity index (χ3v) is 2.76. The first kappa shape index (κ1) is 12.9. The number of H-pyrrole nitrogens is 1. The minimum Gasteiger partial charge on any atom is -0.397 e. The molecular weight excluding hydrogens is 246 g/mol. The van der Waals surface area contributed by atoms with Crippen LogP contribution in [0.3, 0.4) is 0 Å². The quantitative estimate of drug-likeness (QED) is 0.581. The Bertz CT molecular complexity index is 665. The fourth-order valence-electron chi connectivity index (χ4n) is 1.72. The number of rotatable bonds is 4. The standard InChI is InChI=1S/C12H15N5O2/c1-14-11(18)2-3-15-10-5-9-7(4-8(10)13)12(19)17-6-16-9/h4-6,15H,2-3,13H2,1H3,(H,14,18)(H,16,17,19). The molecule has 7 nitrogen and oxygen atoms in total. The van der Waals surface area contributed by atoms with Crippen LogP contribution in [0.4, 0.5) is 11.4 Å². The fraction of sp³-hybridized carbons (Fsp3) is 0.250. The Morgan fingerprint density at radius 1 is 1.47 bits per heavy atom. The molecule has 7 heteroatoms. The van der Waals surface area contributed by atoms with Crippen LogP contribution in [0.15, 0.2) is 23.3 Å². The van der Waals surface area contributed by atoms with E-state index in [0.717, 1.165) is 0 Å². The Morgan fingerprint density at radius 3 is 3.00 bits per heavy atom. The highest BCUT2D eigenvalue weighted by molar-refractivity contribution is 5.88. The van der Waals surface area contributed by atoms with E-state index in [2.05, 4.69) is 20.6 Å². The number of anilines is 2. The van der Waals surface area contributed by atoms with Crippen LogP contribution in [-0.2, 0) is 4.79 Å². The number of aromatic nitrogens is 2. The molecule has 0 bridgehead atoms. The van der Waals surface area contributed by atoms with Gasteiger partial charge in [0, 0.05) is 20.0 Å². The molecule has 5 N–H and O–H groups in total. The number of nitrogens with one attached hydrogen (secondary N) is 3. The molecule has 0 atom stereocenters. The number of nitrogens with two attached hydrogens (primary N) is 1. The second-order valence-corrected chi connectivity index (χ2v) is 4.04. The van der Waals surface area contributed by atoms with Gasteiger partial charge in [-0.05, 0) is 12.1 Å². The van der Waals surface area contributed by atoms with Gasteiger partial charge in [0.1, 0.15) is 0 Å². The number of benzene rings is 1. The third kappa shape index (κ3) is 2.82. The van der Waals surface area contributed by atoms with E-state index >= 15 is 0 Å². The zero-order valence-corrected chi connectivity index (χ0v) is 10.5. The van der Waals surface area contributed by atoms with E-state index in [-0.39, 0.29) is 11.5 Å². The molecule has 0 aliphatic carbocycles. The Kier molecular flexibility index (Phi) is 3.65. The first-order valence-corrected chi connectivity index (χ1v) is 5.83. The molecule has 0 unspecified atom stereocenters. The average Bonchev–Trinajstić information content (AvgIpc) is 2.40.